The number of aromatic nitrogens is 1. The molecule has 0 aliphatic carbocycles. The van der Waals surface area contributed by atoms with Crippen molar-refractivity contribution >= 4 is 17.2 Å². The van der Waals surface area contributed by atoms with Gasteiger partial charge in [-0.25, -0.2) is 0 Å². The maximum atomic E-state index is 11.2. The number of carbonyl (C=O) groups excluding carboxylic acids is 1. The third kappa shape index (κ3) is 1.76. The summed E-state index contributed by atoms with van der Waals surface area (Å²) in [5.74, 6) is -0.488. The number of hydrogen-bond acceptors (Lipinski definition) is 3. The predicted octanol–water partition coefficient (Wildman–Crippen LogP) is 2.22. The smallest absolute Gasteiger partial charge is 0.267 e. The fourth-order valence-corrected chi connectivity index (χ4v) is 2.39. The molecule has 0 unspecified atom stereocenters. The Hall–Kier alpha value is -1.68. The maximum absolute atomic E-state index is 11.2. The van der Waals surface area contributed by atoms with Gasteiger partial charge in [-0.3, -0.25) is 9.78 Å². The summed E-state index contributed by atoms with van der Waals surface area (Å²) in [7, 11) is 0. The van der Waals surface area contributed by atoms with E-state index < -0.39 is 5.91 Å². The van der Waals surface area contributed by atoms with Crippen LogP contribution in [0.2, 0.25) is 0 Å². The van der Waals surface area contributed by atoms with Gasteiger partial charge in [0.2, 0.25) is 0 Å². The molecule has 0 aliphatic rings. The highest BCUT2D eigenvalue weighted by Gasteiger charge is 2.13. The third-order valence-corrected chi connectivity index (χ3v) is 3.20. The maximum Gasteiger partial charge on any atom is 0.267 e. The lowest BCUT2D eigenvalue weighted by Crippen LogP contribution is -2.14. The van der Waals surface area contributed by atoms with Crippen LogP contribution in [0, 0.1) is 6.92 Å². The monoisotopic (exact) mass is 218 g/mol. The van der Waals surface area contributed by atoms with Crippen LogP contribution in [0.15, 0.2) is 29.8 Å². The molecule has 2 heterocycles. The second-order valence-corrected chi connectivity index (χ2v) is 4.11. The highest BCUT2D eigenvalue weighted by Crippen LogP contribution is 2.30. The summed E-state index contributed by atoms with van der Waals surface area (Å²) in [5, 5.41) is 1.99. The lowest BCUT2D eigenvalue weighted by Gasteiger charge is -2.03. The van der Waals surface area contributed by atoms with Gasteiger partial charge in [0.25, 0.3) is 5.91 Å². The van der Waals surface area contributed by atoms with E-state index in [4.69, 9.17) is 5.73 Å². The zero-order valence-electron chi connectivity index (χ0n) is 8.23. The molecule has 2 N–H and O–H groups in total. The number of pyridine rings is 1. The standard InChI is InChI=1S/C11H10N2OS/c1-7-4-6-15-10(7)8-3-2-5-13-9(8)11(12)14/h2-6H,1H3,(H2,12,14). The van der Waals surface area contributed by atoms with E-state index in [0.717, 1.165) is 16.0 Å². The Morgan fingerprint density at radius 2 is 2.27 bits per heavy atom. The molecule has 2 rings (SSSR count). The molecule has 0 saturated heterocycles. The number of carbonyl (C=O) groups is 1. The summed E-state index contributed by atoms with van der Waals surface area (Å²) >= 11 is 1.59. The number of primary amides is 1. The molecule has 2 aromatic rings. The first-order valence-corrected chi connectivity index (χ1v) is 5.37. The van der Waals surface area contributed by atoms with Crippen LogP contribution in [-0.4, -0.2) is 10.9 Å². The molecule has 4 heteroatoms. The summed E-state index contributed by atoms with van der Waals surface area (Å²) < 4.78 is 0. The lowest BCUT2D eigenvalue weighted by atomic mass is 10.1. The van der Waals surface area contributed by atoms with E-state index in [9.17, 15) is 4.79 Å². The first-order valence-electron chi connectivity index (χ1n) is 4.49. The minimum absolute atomic E-state index is 0.336. The van der Waals surface area contributed by atoms with Crippen LogP contribution in [0.1, 0.15) is 16.1 Å². The molecule has 3 nitrogen and oxygen atoms in total. The van der Waals surface area contributed by atoms with Crippen molar-refractivity contribution < 1.29 is 4.79 Å². The van der Waals surface area contributed by atoms with Crippen LogP contribution in [-0.2, 0) is 0 Å². The van der Waals surface area contributed by atoms with E-state index in [2.05, 4.69) is 4.98 Å². The predicted molar refractivity (Wildman–Crippen MR) is 60.8 cm³/mol. The van der Waals surface area contributed by atoms with Crippen LogP contribution in [0.5, 0.6) is 0 Å². The number of thiophene rings is 1. The van der Waals surface area contributed by atoms with Gasteiger partial charge in [-0.15, -0.1) is 11.3 Å². The van der Waals surface area contributed by atoms with Crippen molar-refractivity contribution in [3.8, 4) is 10.4 Å². The van der Waals surface area contributed by atoms with E-state index in [0.29, 0.717) is 5.69 Å². The van der Waals surface area contributed by atoms with Gasteiger partial charge in [-0.05, 0) is 36.1 Å². The van der Waals surface area contributed by atoms with Gasteiger partial charge in [0, 0.05) is 16.6 Å². The van der Waals surface area contributed by atoms with Gasteiger partial charge in [0.05, 0.1) is 0 Å². The molecule has 0 bridgehead atoms. The van der Waals surface area contributed by atoms with Gasteiger partial charge in [-0.1, -0.05) is 0 Å². The van der Waals surface area contributed by atoms with Crippen molar-refractivity contribution in [3.05, 3.63) is 41.0 Å². The fourth-order valence-electron chi connectivity index (χ4n) is 1.43. The normalized spacial score (nSPS) is 10.2. The lowest BCUT2D eigenvalue weighted by molar-refractivity contribution is 0.0996. The van der Waals surface area contributed by atoms with Crippen LogP contribution in [0.3, 0.4) is 0 Å². The first-order chi connectivity index (χ1) is 7.20. The molecule has 0 atom stereocenters. The van der Waals surface area contributed by atoms with Crippen molar-refractivity contribution in [2.75, 3.05) is 0 Å². The molecule has 0 aromatic carbocycles. The average Bonchev–Trinajstić information content (AvgIpc) is 2.64. The van der Waals surface area contributed by atoms with Crippen molar-refractivity contribution in [3.63, 3.8) is 0 Å². The van der Waals surface area contributed by atoms with Gasteiger partial charge >= 0.3 is 0 Å². The molecule has 0 aliphatic heterocycles. The van der Waals surface area contributed by atoms with Gasteiger partial charge < -0.3 is 5.73 Å². The minimum Gasteiger partial charge on any atom is -0.364 e. The zero-order chi connectivity index (χ0) is 10.8. The molecule has 1 amide bonds. The van der Waals surface area contributed by atoms with Crippen molar-refractivity contribution in [1.82, 2.24) is 4.98 Å². The molecular weight excluding hydrogens is 208 g/mol. The summed E-state index contributed by atoms with van der Waals surface area (Å²) in [5.41, 5.74) is 7.56. The Kier molecular flexibility index (Phi) is 2.51. The quantitative estimate of drug-likeness (QED) is 0.840. The molecule has 0 spiro atoms. The SMILES string of the molecule is Cc1ccsc1-c1cccnc1C(N)=O. The molecular formula is C11H10N2OS. The molecule has 0 radical (unpaired) electrons. The molecule has 2 aromatic heterocycles. The van der Waals surface area contributed by atoms with E-state index in [1.165, 1.54) is 0 Å². The fraction of sp³-hybridized carbons (Fsp3) is 0.0909. The van der Waals surface area contributed by atoms with Crippen molar-refractivity contribution in [2.24, 2.45) is 5.73 Å². The summed E-state index contributed by atoms with van der Waals surface area (Å²) in [4.78, 5) is 16.3. The van der Waals surface area contributed by atoms with Gasteiger partial charge in [0.1, 0.15) is 5.69 Å². The highest BCUT2D eigenvalue weighted by molar-refractivity contribution is 7.13. The van der Waals surface area contributed by atoms with Crippen LogP contribution in [0.4, 0.5) is 0 Å². The molecule has 15 heavy (non-hydrogen) atoms. The zero-order valence-corrected chi connectivity index (χ0v) is 9.04. The molecule has 0 fully saturated rings. The molecule has 0 saturated carbocycles. The van der Waals surface area contributed by atoms with E-state index >= 15 is 0 Å². The van der Waals surface area contributed by atoms with Crippen molar-refractivity contribution in [2.45, 2.75) is 6.92 Å². The Bertz CT molecular complexity index is 505. The topological polar surface area (TPSA) is 56.0 Å². The number of nitrogens with two attached hydrogens (primary N) is 1. The van der Waals surface area contributed by atoms with Crippen LogP contribution < -0.4 is 5.73 Å². The van der Waals surface area contributed by atoms with Crippen LogP contribution >= 0.6 is 11.3 Å². The summed E-state index contributed by atoms with van der Waals surface area (Å²) in [6.07, 6.45) is 1.58. The third-order valence-electron chi connectivity index (χ3n) is 2.15. The number of amides is 1. The number of hydrogen-bond donors (Lipinski definition) is 1. The highest BCUT2D eigenvalue weighted by atomic mass is 32.1. The van der Waals surface area contributed by atoms with Crippen LogP contribution in [0.25, 0.3) is 10.4 Å². The van der Waals surface area contributed by atoms with Gasteiger partial charge in [0.15, 0.2) is 0 Å². The second-order valence-electron chi connectivity index (χ2n) is 3.20. The number of nitrogens with zero attached hydrogens (tertiary/aromatic N) is 1. The Labute approximate surface area is 91.6 Å². The van der Waals surface area contributed by atoms with Gasteiger partial charge in [-0.2, -0.15) is 0 Å². The van der Waals surface area contributed by atoms with E-state index in [1.54, 1.807) is 23.6 Å². The van der Waals surface area contributed by atoms with Crippen molar-refractivity contribution in [1.29, 1.82) is 0 Å². The average molecular weight is 218 g/mol. The Morgan fingerprint density at radius 3 is 2.87 bits per heavy atom. The second kappa shape index (κ2) is 3.82. The number of aryl methyl sites for hydroxylation is 1. The minimum atomic E-state index is -0.488. The summed E-state index contributed by atoms with van der Waals surface area (Å²) in [6.45, 7) is 2.00. The Balaban J connectivity index is 2.63. The van der Waals surface area contributed by atoms with E-state index in [1.807, 2.05) is 24.4 Å². The largest absolute Gasteiger partial charge is 0.364 e. The first kappa shape index (κ1) is 9.86. The molecule has 76 valence electrons. The van der Waals surface area contributed by atoms with E-state index in [-0.39, 0.29) is 0 Å². The summed E-state index contributed by atoms with van der Waals surface area (Å²) in [6, 6.07) is 5.69. The number of rotatable bonds is 2. The Morgan fingerprint density at radius 1 is 1.47 bits per heavy atom.